The Morgan fingerprint density at radius 1 is 1.22 bits per heavy atom. The zero-order valence-electron chi connectivity index (χ0n) is 12.2. The van der Waals surface area contributed by atoms with Crippen molar-refractivity contribution in [2.45, 2.75) is 48.8 Å². The van der Waals surface area contributed by atoms with E-state index in [2.05, 4.69) is 20.9 Å². The summed E-state index contributed by atoms with van der Waals surface area (Å²) in [6.45, 7) is 0. The molecule has 2 fully saturated rings. The van der Waals surface area contributed by atoms with Crippen molar-refractivity contribution in [1.29, 1.82) is 0 Å². The van der Waals surface area contributed by atoms with E-state index in [9.17, 15) is 15.3 Å². The summed E-state index contributed by atoms with van der Waals surface area (Å²) in [5, 5.41) is 32.2. The van der Waals surface area contributed by atoms with Gasteiger partial charge in [-0.15, -0.1) is 5.53 Å². The van der Waals surface area contributed by atoms with E-state index in [4.69, 9.17) is 11.6 Å². The van der Waals surface area contributed by atoms with Crippen LogP contribution in [0.25, 0.3) is 0 Å². The lowest BCUT2D eigenvalue weighted by Gasteiger charge is -2.27. The molecule has 10 heteroatoms. The second kappa shape index (κ2) is 5.91. The van der Waals surface area contributed by atoms with Crippen LogP contribution in [0.3, 0.4) is 0 Å². The number of aromatic nitrogens is 2. The Morgan fingerprint density at radius 3 is 2.65 bits per heavy atom. The number of fused-ring (bicyclic) bond motifs is 1. The number of nitrogens with zero attached hydrogens (tertiary/aromatic N) is 3. The summed E-state index contributed by atoms with van der Waals surface area (Å²) in [5.74, 6) is 2.23. The van der Waals surface area contributed by atoms with Gasteiger partial charge in [0.25, 0.3) is 0 Å². The van der Waals surface area contributed by atoms with Crippen LogP contribution in [0.1, 0.15) is 19.3 Å². The molecule has 0 aromatic carbocycles. The average Bonchev–Trinajstić information content (AvgIpc) is 3.21. The number of hydrogen-bond donors (Lipinski definition) is 5. The van der Waals surface area contributed by atoms with Crippen LogP contribution >= 0.6 is 23.4 Å². The van der Waals surface area contributed by atoms with Crippen LogP contribution in [0, 0.1) is 5.92 Å². The Balaban J connectivity index is 1.59. The molecule has 5 N–H and O–H groups in total. The van der Waals surface area contributed by atoms with E-state index in [1.165, 1.54) is 12.8 Å². The fourth-order valence-corrected chi connectivity index (χ4v) is 4.16. The maximum atomic E-state index is 10.1. The van der Waals surface area contributed by atoms with E-state index in [1.54, 1.807) is 16.8 Å². The predicted octanol–water partition coefficient (Wildman–Crippen LogP) is 0.139. The van der Waals surface area contributed by atoms with E-state index >= 15 is 0 Å². The standard InChI is InChI=1S/C13H18ClN5O3S/c14-11-8-12(16-13(15-11)23-4-5-1-2-5)19(18-17-8)6-3-7(20)10(22)9(6)21/h5-7,9-10,17-18,20-22H,1-4H2. The minimum Gasteiger partial charge on any atom is -0.390 e. The SMILES string of the molecule is OC1CC(N2NNc3c(Cl)nc(SCC4CC4)nc32)C(O)C1O. The van der Waals surface area contributed by atoms with Crippen LogP contribution < -0.4 is 16.0 Å². The summed E-state index contributed by atoms with van der Waals surface area (Å²) >= 11 is 7.78. The van der Waals surface area contributed by atoms with Crippen LogP contribution in [-0.2, 0) is 0 Å². The molecule has 2 heterocycles. The van der Waals surface area contributed by atoms with E-state index in [0.29, 0.717) is 21.8 Å². The predicted molar refractivity (Wildman–Crippen MR) is 86.2 cm³/mol. The van der Waals surface area contributed by atoms with E-state index in [0.717, 1.165) is 11.7 Å². The molecular formula is C13H18ClN5O3S. The van der Waals surface area contributed by atoms with Crippen LogP contribution in [0.5, 0.6) is 0 Å². The number of hydrazine groups is 2. The van der Waals surface area contributed by atoms with E-state index < -0.39 is 24.4 Å². The molecule has 2 saturated carbocycles. The second-order valence-corrected chi connectivity index (χ2v) is 7.55. The molecule has 0 bridgehead atoms. The maximum Gasteiger partial charge on any atom is 0.191 e. The smallest absolute Gasteiger partial charge is 0.191 e. The summed E-state index contributed by atoms with van der Waals surface area (Å²) in [4.78, 5) is 8.80. The van der Waals surface area contributed by atoms with Crippen molar-refractivity contribution in [1.82, 2.24) is 15.5 Å². The summed E-state index contributed by atoms with van der Waals surface area (Å²) in [6.07, 6.45) is -0.492. The first kappa shape index (κ1) is 15.7. The molecule has 1 aromatic rings. The van der Waals surface area contributed by atoms with Crippen molar-refractivity contribution < 1.29 is 15.3 Å². The van der Waals surface area contributed by atoms with E-state index in [-0.39, 0.29) is 6.42 Å². The highest BCUT2D eigenvalue weighted by Gasteiger charge is 2.46. The van der Waals surface area contributed by atoms with Gasteiger partial charge in [-0.3, -0.25) is 10.4 Å². The van der Waals surface area contributed by atoms with Crippen molar-refractivity contribution in [2.75, 3.05) is 16.2 Å². The highest BCUT2D eigenvalue weighted by atomic mass is 35.5. The van der Waals surface area contributed by atoms with Gasteiger partial charge in [-0.25, -0.2) is 9.97 Å². The first-order valence-electron chi connectivity index (χ1n) is 7.60. The van der Waals surface area contributed by atoms with Gasteiger partial charge in [0.1, 0.15) is 17.9 Å². The molecule has 3 aliphatic rings. The molecule has 0 amide bonds. The lowest BCUT2D eigenvalue weighted by molar-refractivity contribution is -0.0211. The monoisotopic (exact) mass is 359 g/mol. The van der Waals surface area contributed by atoms with Gasteiger partial charge >= 0.3 is 0 Å². The van der Waals surface area contributed by atoms with Crippen molar-refractivity contribution in [2.24, 2.45) is 5.92 Å². The van der Waals surface area contributed by atoms with Crippen LogP contribution in [0.15, 0.2) is 5.16 Å². The molecule has 4 atom stereocenters. The lowest BCUT2D eigenvalue weighted by Crippen LogP contribution is -2.49. The molecule has 8 nitrogen and oxygen atoms in total. The summed E-state index contributed by atoms with van der Waals surface area (Å²) in [7, 11) is 0. The number of rotatable bonds is 4. The molecule has 4 unspecified atom stereocenters. The van der Waals surface area contributed by atoms with Crippen LogP contribution in [0.4, 0.5) is 11.5 Å². The average molecular weight is 360 g/mol. The van der Waals surface area contributed by atoms with Crippen molar-refractivity contribution in [3.05, 3.63) is 5.15 Å². The topological polar surface area (TPSA) is 114 Å². The van der Waals surface area contributed by atoms with Gasteiger partial charge in [0.2, 0.25) is 0 Å². The number of halogens is 1. The zero-order valence-corrected chi connectivity index (χ0v) is 13.8. The molecule has 0 radical (unpaired) electrons. The first-order chi connectivity index (χ1) is 11.0. The quantitative estimate of drug-likeness (QED) is 0.291. The fraction of sp³-hybridized carbons (Fsp3) is 0.692. The Labute approximate surface area is 142 Å². The molecule has 1 aliphatic heterocycles. The number of nitrogens with one attached hydrogen (secondary N) is 2. The Morgan fingerprint density at radius 2 is 2.00 bits per heavy atom. The normalized spacial score (nSPS) is 33.0. The first-order valence-corrected chi connectivity index (χ1v) is 8.96. The van der Waals surface area contributed by atoms with Gasteiger partial charge in [0, 0.05) is 12.2 Å². The minimum atomic E-state index is -1.17. The van der Waals surface area contributed by atoms with Gasteiger partial charge < -0.3 is 15.3 Å². The molecule has 4 rings (SSSR count). The van der Waals surface area contributed by atoms with E-state index in [1.807, 2.05) is 0 Å². The van der Waals surface area contributed by atoms with Gasteiger partial charge in [0.05, 0.1) is 12.1 Å². The Kier molecular flexibility index (Phi) is 4.02. The van der Waals surface area contributed by atoms with Crippen molar-refractivity contribution >= 4 is 34.9 Å². The molecule has 0 saturated heterocycles. The highest BCUT2D eigenvalue weighted by Crippen LogP contribution is 2.40. The molecule has 1 aromatic heterocycles. The van der Waals surface area contributed by atoms with Crippen molar-refractivity contribution in [3.63, 3.8) is 0 Å². The third kappa shape index (κ3) is 2.86. The number of aliphatic hydroxyl groups is 3. The lowest BCUT2D eigenvalue weighted by atomic mass is 10.2. The van der Waals surface area contributed by atoms with Crippen LogP contribution in [0.2, 0.25) is 5.15 Å². The number of aliphatic hydroxyl groups excluding tert-OH is 3. The third-order valence-corrected chi connectivity index (χ3v) is 5.81. The second-order valence-electron chi connectivity index (χ2n) is 6.21. The largest absolute Gasteiger partial charge is 0.390 e. The molecule has 23 heavy (non-hydrogen) atoms. The zero-order chi connectivity index (χ0) is 16.1. The Bertz CT molecular complexity index is 620. The van der Waals surface area contributed by atoms with Crippen molar-refractivity contribution in [3.8, 4) is 0 Å². The third-order valence-electron chi connectivity index (χ3n) is 4.45. The summed E-state index contributed by atoms with van der Waals surface area (Å²) < 4.78 is 0. The Hall–Kier alpha value is -0.840. The summed E-state index contributed by atoms with van der Waals surface area (Å²) in [6, 6.07) is -0.513. The number of anilines is 2. The molecule has 126 valence electrons. The summed E-state index contributed by atoms with van der Waals surface area (Å²) in [5.41, 5.74) is 6.30. The number of thioether (sulfide) groups is 1. The molecule has 2 aliphatic carbocycles. The minimum absolute atomic E-state index is 0.225. The van der Waals surface area contributed by atoms with Gasteiger partial charge in [-0.1, -0.05) is 23.4 Å². The molecular weight excluding hydrogens is 342 g/mol. The maximum absolute atomic E-state index is 10.1. The number of hydrogen-bond acceptors (Lipinski definition) is 9. The fourth-order valence-electron chi connectivity index (χ4n) is 2.88. The van der Waals surface area contributed by atoms with Crippen LogP contribution in [-0.4, -0.2) is 55.4 Å². The van der Waals surface area contributed by atoms with Gasteiger partial charge in [-0.2, -0.15) is 0 Å². The van der Waals surface area contributed by atoms with Gasteiger partial charge in [0.15, 0.2) is 16.1 Å². The van der Waals surface area contributed by atoms with Gasteiger partial charge in [-0.05, 0) is 18.8 Å². The molecule has 0 spiro atoms. The highest BCUT2D eigenvalue weighted by molar-refractivity contribution is 7.99.